The highest BCUT2D eigenvalue weighted by atomic mass is 16.1. The number of amides is 1. The predicted octanol–water partition coefficient (Wildman–Crippen LogP) is 0.709. The maximum Gasteiger partial charge on any atom is 0.234 e. The lowest BCUT2D eigenvalue weighted by atomic mass is 10.1. The number of rotatable bonds is 2. The van der Waals surface area contributed by atoms with Crippen LogP contribution in [-0.2, 0) is 4.79 Å². The van der Waals surface area contributed by atoms with E-state index in [0.717, 1.165) is 19.3 Å². The standard InChI is InChI=1S/C9H11N3O/c10-4-3-9(13)12-8-2-1-7(5-8)6-11/h7-8H,1-3,5H2,(H,12,13). The highest BCUT2D eigenvalue weighted by Gasteiger charge is 2.25. The molecule has 0 aromatic carbocycles. The summed E-state index contributed by atoms with van der Waals surface area (Å²) in [6.45, 7) is 0. The number of nitriles is 2. The lowest BCUT2D eigenvalue weighted by Crippen LogP contribution is -2.32. The molecule has 1 aliphatic carbocycles. The van der Waals surface area contributed by atoms with Gasteiger partial charge in [-0.05, 0) is 19.3 Å². The summed E-state index contributed by atoms with van der Waals surface area (Å²) in [7, 11) is 0. The summed E-state index contributed by atoms with van der Waals surface area (Å²) in [6, 6.07) is 4.07. The van der Waals surface area contributed by atoms with E-state index in [1.807, 2.05) is 0 Å². The van der Waals surface area contributed by atoms with E-state index >= 15 is 0 Å². The molecule has 0 radical (unpaired) electrons. The first-order valence-electron chi connectivity index (χ1n) is 4.32. The van der Waals surface area contributed by atoms with Gasteiger partial charge in [-0.2, -0.15) is 10.5 Å². The average molecular weight is 177 g/mol. The average Bonchev–Trinajstić information content (AvgIpc) is 2.52. The number of hydrogen-bond acceptors (Lipinski definition) is 3. The van der Waals surface area contributed by atoms with Crippen LogP contribution < -0.4 is 5.32 Å². The Morgan fingerprint density at radius 2 is 2.23 bits per heavy atom. The van der Waals surface area contributed by atoms with Gasteiger partial charge in [-0.15, -0.1) is 0 Å². The predicted molar refractivity (Wildman–Crippen MR) is 45.1 cm³/mol. The Hall–Kier alpha value is -1.55. The van der Waals surface area contributed by atoms with Crippen molar-refractivity contribution in [3.05, 3.63) is 0 Å². The van der Waals surface area contributed by atoms with Gasteiger partial charge >= 0.3 is 0 Å². The maximum atomic E-state index is 11.0. The van der Waals surface area contributed by atoms with E-state index in [1.165, 1.54) is 0 Å². The molecule has 2 unspecified atom stereocenters. The highest BCUT2D eigenvalue weighted by molar-refractivity contribution is 5.78. The molecule has 4 nitrogen and oxygen atoms in total. The lowest BCUT2D eigenvalue weighted by molar-refractivity contribution is -0.120. The van der Waals surface area contributed by atoms with Crippen molar-refractivity contribution in [2.24, 2.45) is 5.92 Å². The third-order valence-corrected chi connectivity index (χ3v) is 2.22. The second kappa shape index (κ2) is 4.47. The van der Waals surface area contributed by atoms with E-state index < -0.39 is 0 Å². The highest BCUT2D eigenvalue weighted by Crippen LogP contribution is 2.24. The van der Waals surface area contributed by atoms with Crippen LogP contribution in [-0.4, -0.2) is 11.9 Å². The summed E-state index contributed by atoms with van der Waals surface area (Å²) in [5, 5.41) is 19.6. The van der Waals surface area contributed by atoms with Crippen molar-refractivity contribution in [1.82, 2.24) is 5.32 Å². The topological polar surface area (TPSA) is 76.7 Å². The van der Waals surface area contributed by atoms with Crippen molar-refractivity contribution < 1.29 is 4.79 Å². The Kier molecular flexibility index (Phi) is 3.28. The van der Waals surface area contributed by atoms with Crippen LogP contribution in [0.3, 0.4) is 0 Å². The molecule has 1 saturated carbocycles. The number of carbonyl (C=O) groups is 1. The fraction of sp³-hybridized carbons (Fsp3) is 0.667. The summed E-state index contributed by atoms with van der Waals surface area (Å²) in [6.07, 6.45) is 2.35. The monoisotopic (exact) mass is 177 g/mol. The zero-order valence-corrected chi connectivity index (χ0v) is 7.29. The quantitative estimate of drug-likeness (QED) is 0.674. The molecule has 0 aliphatic heterocycles. The normalized spacial score (nSPS) is 26.0. The Morgan fingerprint density at radius 3 is 2.77 bits per heavy atom. The molecule has 2 atom stereocenters. The van der Waals surface area contributed by atoms with Gasteiger partial charge < -0.3 is 5.32 Å². The number of nitrogens with one attached hydrogen (secondary N) is 1. The van der Waals surface area contributed by atoms with Crippen LogP contribution in [0.4, 0.5) is 0 Å². The van der Waals surface area contributed by atoms with E-state index in [4.69, 9.17) is 10.5 Å². The minimum atomic E-state index is -0.230. The molecule has 1 amide bonds. The lowest BCUT2D eigenvalue weighted by Gasteiger charge is -2.09. The first kappa shape index (κ1) is 9.54. The molecule has 4 heteroatoms. The van der Waals surface area contributed by atoms with Crippen molar-refractivity contribution in [2.75, 3.05) is 0 Å². The van der Waals surface area contributed by atoms with E-state index in [1.54, 1.807) is 6.07 Å². The SMILES string of the molecule is N#CCC(=O)NC1CCC(C#N)C1. The molecule has 0 bridgehead atoms. The largest absolute Gasteiger partial charge is 0.352 e. The molecule has 0 saturated heterocycles. The molecular formula is C9H11N3O. The van der Waals surface area contributed by atoms with E-state index in [-0.39, 0.29) is 24.3 Å². The molecule has 13 heavy (non-hydrogen) atoms. The Balaban J connectivity index is 2.29. The molecule has 0 heterocycles. The van der Waals surface area contributed by atoms with Gasteiger partial charge in [0.2, 0.25) is 5.91 Å². The van der Waals surface area contributed by atoms with Gasteiger partial charge in [0.15, 0.2) is 0 Å². The zero-order chi connectivity index (χ0) is 9.68. The number of hydrogen-bond donors (Lipinski definition) is 1. The second-order valence-electron chi connectivity index (χ2n) is 3.24. The maximum absolute atomic E-state index is 11.0. The fourth-order valence-corrected chi connectivity index (χ4v) is 1.58. The Morgan fingerprint density at radius 1 is 1.46 bits per heavy atom. The summed E-state index contributed by atoms with van der Waals surface area (Å²) in [5.41, 5.74) is 0. The van der Waals surface area contributed by atoms with Crippen molar-refractivity contribution in [3.8, 4) is 12.1 Å². The van der Waals surface area contributed by atoms with E-state index in [2.05, 4.69) is 11.4 Å². The summed E-state index contributed by atoms with van der Waals surface area (Å²) < 4.78 is 0. The third kappa shape index (κ3) is 2.76. The number of carbonyl (C=O) groups excluding carboxylic acids is 1. The van der Waals surface area contributed by atoms with Crippen LogP contribution in [0.1, 0.15) is 25.7 Å². The van der Waals surface area contributed by atoms with Gasteiger partial charge in [-0.3, -0.25) is 4.79 Å². The van der Waals surface area contributed by atoms with Gasteiger partial charge in [-0.1, -0.05) is 0 Å². The van der Waals surface area contributed by atoms with Crippen molar-refractivity contribution in [2.45, 2.75) is 31.7 Å². The van der Waals surface area contributed by atoms with E-state index in [0.29, 0.717) is 0 Å². The van der Waals surface area contributed by atoms with Crippen LogP contribution in [0, 0.1) is 28.6 Å². The van der Waals surface area contributed by atoms with E-state index in [9.17, 15) is 4.79 Å². The minimum absolute atomic E-state index is 0.0763. The van der Waals surface area contributed by atoms with Gasteiger partial charge in [0, 0.05) is 12.0 Å². The van der Waals surface area contributed by atoms with Gasteiger partial charge in [0.25, 0.3) is 0 Å². The van der Waals surface area contributed by atoms with Crippen LogP contribution >= 0.6 is 0 Å². The van der Waals surface area contributed by atoms with Gasteiger partial charge in [0.05, 0.1) is 12.1 Å². The first-order chi connectivity index (χ1) is 6.26. The molecule has 1 rings (SSSR count). The van der Waals surface area contributed by atoms with Gasteiger partial charge in [0.1, 0.15) is 6.42 Å². The molecule has 1 fully saturated rings. The third-order valence-electron chi connectivity index (χ3n) is 2.22. The summed E-state index contributed by atoms with van der Waals surface area (Å²) >= 11 is 0. The molecular weight excluding hydrogens is 166 g/mol. The summed E-state index contributed by atoms with van der Waals surface area (Å²) in [4.78, 5) is 11.0. The molecule has 1 aliphatic rings. The zero-order valence-electron chi connectivity index (χ0n) is 7.29. The van der Waals surface area contributed by atoms with Crippen molar-refractivity contribution in [3.63, 3.8) is 0 Å². The number of nitrogens with zero attached hydrogens (tertiary/aromatic N) is 2. The second-order valence-corrected chi connectivity index (χ2v) is 3.24. The molecule has 0 aromatic rings. The first-order valence-corrected chi connectivity index (χ1v) is 4.32. The Labute approximate surface area is 77.1 Å². The summed E-state index contributed by atoms with van der Waals surface area (Å²) in [5.74, 6) is -0.154. The minimum Gasteiger partial charge on any atom is -0.352 e. The van der Waals surface area contributed by atoms with Crippen LogP contribution in [0.2, 0.25) is 0 Å². The van der Waals surface area contributed by atoms with Crippen LogP contribution in [0.15, 0.2) is 0 Å². The van der Waals surface area contributed by atoms with Crippen LogP contribution in [0.25, 0.3) is 0 Å². The molecule has 1 N–H and O–H groups in total. The smallest absolute Gasteiger partial charge is 0.234 e. The molecule has 0 aromatic heterocycles. The molecule has 68 valence electrons. The molecule has 0 spiro atoms. The Bertz CT molecular complexity index is 274. The van der Waals surface area contributed by atoms with Crippen molar-refractivity contribution >= 4 is 5.91 Å². The van der Waals surface area contributed by atoms with Crippen LogP contribution in [0.5, 0.6) is 0 Å². The fourth-order valence-electron chi connectivity index (χ4n) is 1.58. The van der Waals surface area contributed by atoms with Gasteiger partial charge in [-0.25, -0.2) is 0 Å². The van der Waals surface area contributed by atoms with Crippen molar-refractivity contribution in [1.29, 1.82) is 10.5 Å².